The predicted molar refractivity (Wildman–Crippen MR) is 54.2 cm³/mol. The Morgan fingerprint density at radius 2 is 2.19 bits per heavy atom. The lowest BCUT2D eigenvalue weighted by Gasteiger charge is -2.11. The number of ether oxygens (including phenoxy) is 2. The number of anilines is 1. The van der Waals surface area contributed by atoms with Crippen LogP contribution in [-0.2, 0) is 4.79 Å². The molecule has 0 bridgehead atoms. The molecule has 0 aliphatic rings. The average molecular weight is 231 g/mol. The molecular weight excluding hydrogens is 220 g/mol. The molecule has 4 nitrogen and oxygen atoms in total. The van der Waals surface area contributed by atoms with Gasteiger partial charge >= 0.3 is 0 Å². The van der Waals surface area contributed by atoms with Crippen LogP contribution in [0.25, 0.3) is 0 Å². The number of carbonyl (C=O) groups excluding carboxylic acids is 1. The molecule has 0 fully saturated rings. The molecule has 1 amide bonds. The second-order valence-corrected chi connectivity index (χ2v) is 2.83. The summed E-state index contributed by atoms with van der Waals surface area (Å²) in [5.41, 5.74) is 0.445. The number of rotatable bonds is 6. The lowest BCUT2D eigenvalue weighted by atomic mass is 10.3. The zero-order valence-electron chi connectivity index (χ0n) is 8.57. The fourth-order valence-corrected chi connectivity index (χ4v) is 1.10. The first-order valence-electron chi connectivity index (χ1n) is 4.46. The third-order valence-electron chi connectivity index (χ3n) is 1.75. The van der Waals surface area contributed by atoms with E-state index in [2.05, 4.69) is 5.32 Å². The monoisotopic (exact) mass is 231 g/mol. The molecule has 1 aromatic rings. The number of methoxy groups -OCH3 is 1. The summed E-state index contributed by atoms with van der Waals surface area (Å²) in [6.07, 6.45) is -2.08. The lowest BCUT2D eigenvalue weighted by molar-refractivity contribution is -0.105. The first kappa shape index (κ1) is 12.2. The van der Waals surface area contributed by atoms with E-state index in [0.29, 0.717) is 17.8 Å². The Bertz CT molecular complexity index is 358. The largest absolute Gasteiger partial charge is 0.493 e. The summed E-state index contributed by atoms with van der Waals surface area (Å²) in [5, 5.41) is 2.38. The van der Waals surface area contributed by atoms with Crippen LogP contribution < -0.4 is 14.8 Å². The summed E-state index contributed by atoms with van der Waals surface area (Å²) in [6, 6.07) is 4.50. The maximum atomic E-state index is 12.0. The first-order valence-corrected chi connectivity index (χ1v) is 4.46. The third kappa shape index (κ3) is 3.38. The smallest absolute Gasteiger partial charge is 0.272 e. The van der Waals surface area contributed by atoms with Gasteiger partial charge in [-0.05, 0) is 12.1 Å². The Morgan fingerprint density at radius 3 is 2.75 bits per heavy atom. The molecule has 88 valence electrons. The van der Waals surface area contributed by atoms with Crippen molar-refractivity contribution in [3.8, 4) is 11.5 Å². The SMILES string of the molecule is COc1ccc(NC=O)cc1OCC(F)F. The molecule has 0 radical (unpaired) electrons. The fraction of sp³-hybridized carbons (Fsp3) is 0.300. The summed E-state index contributed by atoms with van der Waals surface area (Å²) in [5.74, 6) is 0.492. The molecule has 1 aromatic carbocycles. The topological polar surface area (TPSA) is 47.6 Å². The van der Waals surface area contributed by atoms with Gasteiger partial charge in [0.05, 0.1) is 7.11 Å². The highest BCUT2D eigenvalue weighted by atomic mass is 19.3. The molecule has 0 spiro atoms. The molecule has 0 aliphatic heterocycles. The van der Waals surface area contributed by atoms with Crippen molar-refractivity contribution >= 4 is 12.1 Å². The summed E-state index contributed by atoms with van der Waals surface area (Å²) >= 11 is 0. The number of carbonyl (C=O) groups is 1. The molecular formula is C10H11F2NO3. The van der Waals surface area contributed by atoms with Gasteiger partial charge in [0.15, 0.2) is 11.5 Å². The first-order chi connectivity index (χ1) is 7.67. The van der Waals surface area contributed by atoms with Gasteiger partial charge in [0.25, 0.3) is 6.43 Å². The third-order valence-corrected chi connectivity index (χ3v) is 1.75. The second-order valence-electron chi connectivity index (χ2n) is 2.83. The van der Waals surface area contributed by atoms with E-state index in [0.717, 1.165) is 0 Å². The highest BCUT2D eigenvalue weighted by molar-refractivity contribution is 5.72. The van der Waals surface area contributed by atoms with Crippen LogP contribution in [0.3, 0.4) is 0 Å². The maximum absolute atomic E-state index is 12.0. The van der Waals surface area contributed by atoms with E-state index in [1.54, 1.807) is 6.07 Å². The number of hydrogen-bond donors (Lipinski definition) is 1. The molecule has 0 saturated carbocycles. The Kier molecular flexibility index (Phi) is 4.50. The molecule has 1 N–H and O–H groups in total. The van der Waals surface area contributed by atoms with Gasteiger partial charge in [0.2, 0.25) is 6.41 Å². The van der Waals surface area contributed by atoms with Crippen molar-refractivity contribution in [2.75, 3.05) is 19.0 Å². The van der Waals surface area contributed by atoms with E-state index in [4.69, 9.17) is 9.47 Å². The number of nitrogens with one attached hydrogen (secondary N) is 1. The van der Waals surface area contributed by atoms with Gasteiger partial charge in [0, 0.05) is 11.8 Å². The minimum atomic E-state index is -2.56. The maximum Gasteiger partial charge on any atom is 0.272 e. The predicted octanol–water partition coefficient (Wildman–Crippen LogP) is 1.91. The van der Waals surface area contributed by atoms with Gasteiger partial charge in [-0.2, -0.15) is 0 Å². The molecule has 0 heterocycles. The molecule has 16 heavy (non-hydrogen) atoms. The van der Waals surface area contributed by atoms with Crippen molar-refractivity contribution in [3.05, 3.63) is 18.2 Å². The lowest BCUT2D eigenvalue weighted by Crippen LogP contribution is -2.08. The van der Waals surface area contributed by atoms with Crippen LogP contribution in [0.15, 0.2) is 18.2 Å². The highest BCUT2D eigenvalue weighted by Gasteiger charge is 2.09. The Labute approximate surface area is 91.2 Å². The molecule has 0 aromatic heterocycles. The van der Waals surface area contributed by atoms with Crippen molar-refractivity contribution < 1.29 is 23.0 Å². The number of halogens is 2. The molecule has 1 rings (SSSR count). The zero-order chi connectivity index (χ0) is 12.0. The van der Waals surface area contributed by atoms with Crippen LogP contribution in [0.1, 0.15) is 0 Å². The van der Waals surface area contributed by atoms with Crippen molar-refractivity contribution in [1.29, 1.82) is 0 Å². The van der Waals surface area contributed by atoms with Crippen LogP contribution >= 0.6 is 0 Å². The Balaban J connectivity index is 2.83. The van der Waals surface area contributed by atoms with E-state index in [1.165, 1.54) is 19.2 Å². The van der Waals surface area contributed by atoms with Gasteiger partial charge in [-0.15, -0.1) is 0 Å². The van der Waals surface area contributed by atoms with Crippen molar-refractivity contribution in [3.63, 3.8) is 0 Å². The minimum absolute atomic E-state index is 0.162. The number of benzene rings is 1. The molecule has 0 unspecified atom stereocenters. The van der Waals surface area contributed by atoms with Crippen LogP contribution in [0.2, 0.25) is 0 Å². The quantitative estimate of drug-likeness (QED) is 0.761. The fourth-order valence-electron chi connectivity index (χ4n) is 1.10. The van der Waals surface area contributed by atoms with Gasteiger partial charge in [-0.3, -0.25) is 4.79 Å². The summed E-state index contributed by atoms with van der Waals surface area (Å²) in [7, 11) is 1.40. The van der Waals surface area contributed by atoms with Crippen LogP contribution in [0.5, 0.6) is 11.5 Å². The van der Waals surface area contributed by atoms with Crippen molar-refractivity contribution in [2.45, 2.75) is 6.43 Å². The van der Waals surface area contributed by atoms with Gasteiger partial charge in [-0.1, -0.05) is 0 Å². The van der Waals surface area contributed by atoms with E-state index in [1.807, 2.05) is 0 Å². The van der Waals surface area contributed by atoms with Crippen LogP contribution in [0.4, 0.5) is 14.5 Å². The van der Waals surface area contributed by atoms with Gasteiger partial charge in [0.1, 0.15) is 6.61 Å². The summed E-state index contributed by atoms with van der Waals surface area (Å²) in [4.78, 5) is 10.2. The minimum Gasteiger partial charge on any atom is -0.493 e. The molecule has 6 heteroatoms. The highest BCUT2D eigenvalue weighted by Crippen LogP contribution is 2.30. The van der Waals surface area contributed by atoms with Crippen LogP contribution in [0, 0.1) is 0 Å². The number of alkyl halides is 2. The van der Waals surface area contributed by atoms with Gasteiger partial charge < -0.3 is 14.8 Å². The van der Waals surface area contributed by atoms with Crippen LogP contribution in [-0.4, -0.2) is 26.6 Å². The zero-order valence-corrected chi connectivity index (χ0v) is 8.57. The van der Waals surface area contributed by atoms with Gasteiger partial charge in [-0.25, -0.2) is 8.78 Å². The standard InChI is InChI=1S/C10H11F2NO3/c1-15-8-3-2-7(13-6-14)4-9(8)16-5-10(11)12/h2-4,6,10H,5H2,1H3,(H,13,14). The van der Waals surface area contributed by atoms with E-state index in [9.17, 15) is 13.6 Å². The van der Waals surface area contributed by atoms with E-state index >= 15 is 0 Å². The normalized spacial score (nSPS) is 10.0. The Hall–Kier alpha value is -1.85. The number of amides is 1. The molecule has 0 aliphatic carbocycles. The number of hydrogen-bond acceptors (Lipinski definition) is 3. The summed E-state index contributed by atoms with van der Waals surface area (Å²) in [6.45, 7) is -0.721. The molecule has 0 atom stereocenters. The van der Waals surface area contributed by atoms with Crippen molar-refractivity contribution in [2.24, 2.45) is 0 Å². The Morgan fingerprint density at radius 1 is 1.44 bits per heavy atom. The average Bonchev–Trinajstić information content (AvgIpc) is 2.27. The van der Waals surface area contributed by atoms with E-state index < -0.39 is 13.0 Å². The van der Waals surface area contributed by atoms with E-state index in [-0.39, 0.29) is 5.75 Å². The van der Waals surface area contributed by atoms with Crippen molar-refractivity contribution in [1.82, 2.24) is 0 Å². The molecule has 0 saturated heterocycles. The summed E-state index contributed by atoms with van der Waals surface area (Å²) < 4.78 is 33.7. The second kappa shape index (κ2) is 5.89.